The highest BCUT2D eigenvalue weighted by Gasteiger charge is 2.43. The average Bonchev–Trinajstić information content (AvgIpc) is 2.83. The van der Waals surface area contributed by atoms with Crippen molar-refractivity contribution in [1.29, 1.82) is 0 Å². The van der Waals surface area contributed by atoms with Crippen LogP contribution in [0.4, 0.5) is 0 Å². The molecule has 108 valence electrons. The third-order valence-electron chi connectivity index (χ3n) is 4.20. The van der Waals surface area contributed by atoms with Gasteiger partial charge < -0.3 is 15.5 Å². The van der Waals surface area contributed by atoms with Crippen molar-refractivity contribution in [3.63, 3.8) is 0 Å². The summed E-state index contributed by atoms with van der Waals surface area (Å²) in [5.41, 5.74) is 8.12. The molecule has 7 nitrogen and oxygen atoms in total. The van der Waals surface area contributed by atoms with E-state index < -0.39 is 12.1 Å². The Morgan fingerprint density at radius 2 is 2.16 bits per heavy atom. The molecule has 2 aliphatic rings. The second kappa shape index (κ2) is 5.85. The molecule has 0 bridgehead atoms. The summed E-state index contributed by atoms with van der Waals surface area (Å²) in [5.74, 6) is 4.76. The maximum absolute atomic E-state index is 12.4. The van der Waals surface area contributed by atoms with E-state index in [-0.39, 0.29) is 17.9 Å². The number of carbonyl (C=O) groups excluding carboxylic acids is 2. The van der Waals surface area contributed by atoms with Gasteiger partial charge in [0.1, 0.15) is 6.04 Å². The topological polar surface area (TPSA) is 105 Å². The van der Waals surface area contributed by atoms with Gasteiger partial charge in [0.2, 0.25) is 5.91 Å². The van der Waals surface area contributed by atoms with Crippen molar-refractivity contribution < 1.29 is 9.59 Å². The lowest BCUT2D eigenvalue weighted by atomic mass is 10.1. The standard InChI is InChI=1S/C12H23N5O2/c1-2-16-6-5-8-3-4-10(11(18)15-14)17(8)12(19)9(13)7-16/h8-10H,2-7,13-14H2,1H3,(H,15,18)/t8-,9+,10+/m1/s1. The van der Waals surface area contributed by atoms with Gasteiger partial charge in [-0.15, -0.1) is 0 Å². The predicted molar refractivity (Wildman–Crippen MR) is 70.7 cm³/mol. The van der Waals surface area contributed by atoms with Gasteiger partial charge >= 0.3 is 0 Å². The minimum Gasteiger partial charge on any atom is -0.326 e. The van der Waals surface area contributed by atoms with Crippen LogP contribution < -0.4 is 17.0 Å². The summed E-state index contributed by atoms with van der Waals surface area (Å²) in [7, 11) is 0. The van der Waals surface area contributed by atoms with E-state index >= 15 is 0 Å². The maximum Gasteiger partial charge on any atom is 0.256 e. The lowest BCUT2D eigenvalue weighted by molar-refractivity contribution is -0.142. The van der Waals surface area contributed by atoms with Crippen molar-refractivity contribution >= 4 is 11.8 Å². The van der Waals surface area contributed by atoms with Gasteiger partial charge in [0.25, 0.3) is 5.91 Å². The first-order valence-corrected chi connectivity index (χ1v) is 6.89. The molecule has 7 heteroatoms. The molecule has 3 atom stereocenters. The summed E-state index contributed by atoms with van der Waals surface area (Å²) < 4.78 is 0. The van der Waals surface area contributed by atoms with Crippen LogP contribution in [0.25, 0.3) is 0 Å². The van der Waals surface area contributed by atoms with Gasteiger partial charge in [0.05, 0.1) is 6.04 Å². The van der Waals surface area contributed by atoms with Crippen molar-refractivity contribution in [2.75, 3.05) is 19.6 Å². The van der Waals surface area contributed by atoms with Gasteiger partial charge in [-0.3, -0.25) is 15.0 Å². The number of nitrogens with two attached hydrogens (primary N) is 2. The molecule has 2 aliphatic heterocycles. The first kappa shape index (κ1) is 14.2. The number of fused-ring (bicyclic) bond motifs is 1. The number of amides is 2. The molecule has 0 aromatic carbocycles. The van der Waals surface area contributed by atoms with Crippen LogP contribution in [0.5, 0.6) is 0 Å². The van der Waals surface area contributed by atoms with Crippen LogP contribution in [0, 0.1) is 0 Å². The number of carbonyl (C=O) groups is 2. The highest BCUT2D eigenvalue weighted by molar-refractivity contribution is 5.90. The fraction of sp³-hybridized carbons (Fsp3) is 0.833. The van der Waals surface area contributed by atoms with Crippen LogP contribution in [0.15, 0.2) is 0 Å². The van der Waals surface area contributed by atoms with E-state index in [0.717, 1.165) is 25.9 Å². The van der Waals surface area contributed by atoms with Gasteiger partial charge in [-0.25, -0.2) is 5.84 Å². The van der Waals surface area contributed by atoms with E-state index in [9.17, 15) is 9.59 Å². The van der Waals surface area contributed by atoms with Crippen molar-refractivity contribution in [3.05, 3.63) is 0 Å². The van der Waals surface area contributed by atoms with Crippen LogP contribution in [0.1, 0.15) is 26.2 Å². The highest BCUT2D eigenvalue weighted by atomic mass is 16.2. The fourth-order valence-electron chi connectivity index (χ4n) is 3.11. The summed E-state index contributed by atoms with van der Waals surface area (Å²) in [6.45, 7) is 4.42. The Hall–Kier alpha value is -1.18. The Bertz CT molecular complexity index is 362. The third kappa shape index (κ3) is 2.72. The number of hydrogen-bond acceptors (Lipinski definition) is 5. The molecule has 0 unspecified atom stereocenters. The normalized spacial score (nSPS) is 32.7. The van der Waals surface area contributed by atoms with Crippen LogP contribution in [-0.2, 0) is 9.59 Å². The van der Waals surface area contributed by atoms with Crippen LogP contribution >= 0.6 is 0 Å². The van der Waals surface area contributed by atoms with E-state index in [1.54, 1.807) is 4.90 Å². The zero-order chi connectivity index (χ0) is 14.0. The first-order valence-electron chi connectivity index (χ1n) is 6.89. The Balaban J connectivity index is 2.17. The van der Waals surface area contributed by atoms with Crippen molar-refractivity contribution in [2.45, 2.75) is 44.3 Å². The SMILES string of the molecule is CCN1CC[C@H]2CC[C@@H](C(=O)NN)N2C(=O)[C@@H](N)C1. The zero-order valence-corrected chi connectivity index (χ0v) is 11.3. The molecular formula is C12H23N5O2. The molecule has 0 aromatic rings. The first-order chi connectivity index (χ1) is 9.08. The van der Waals surface area contributed by atoms with Gasteiger partial charge in [-0.05, 0) is 25.8 Å². The van der Waals surface area contributed by atoms with Crippen LogP contribution in [-0.4, -0.2) is 59.4 Å². The van der Waals surface area contributed by atoms with Crippen molar-refractivity contribution in [3.8, 4) is 0 Å². The van der Waals surface area contributed by atoms with Gasteiger partial charge in [0.15, 0.2) is 0 Å². The summed E-state index contributed by atoms with van der Waals surface area (Å²) in [6, 6.07) is -0.911. The summed E-state index contributed by atoms with van der Waals surface area (Å²) in [4.78, 5) is 28.0. The number of nitrogens with zero attached hydrogens (tertiary/aromatic N) is 2. The van der Waals surface area contributed by atoms with Gasteiger partial charge in [-0.2, -0.15) is 0 Å². The Labute approximate surface area is 113 Å². The summed E-state index contributed by atoms with van der Waals surface area (Å²) in [5, 5.41) is 0. The molecule has 19 heavy (non-hydrogen) atoms. The lowest BCUT2D eigenvalue weighted by Gasteiger charge is -2.36. The molecule has 0 radical (unpaired) electrons. The minimum atomic E-state index is -0.561. The fourth-order valence-corrected chi connectivity index (χ4v) is 3.11. The van der Waals surface area contributed by atoms with E-state index in [1.165, 1.54) is 0 Å². The average molecular weight is 269 g/mol. The molecular weight excluding hydrogens is 246 g/mol. The number of hydrogen-bond donors (Lipinski definition) is 3. The summed E-state index contributed by atoms with van der Waals surface area (Å²) in [6.07, 6.45) is 2.40. The predicted octanol–water partition coefficient (Wildman–Crippen LogP) is -1.61. The highest BCUT2D eigenvalue weighted by Crippen LogP contribution is 2.28. The number of hydrazine groups is 1. The maximum atomic E-state index is 12.4. The minimum absolute atomic E-state index is 0.107. The van der Waals surface area contributed by atoms with Crippen molar-refractivity contribution in [1.82, 2.24) is 15.2 Å². The van der Waals surface area contributed by atoms with E-state index in [0.29, 0.717) is 13.0 Å². The molecule has 2 fully saturated rings. The zero-order valence-electron chi connectivity index (χ0n) is 11.3. The van der Waals surface area contributed by atoms with Crippen molar-refractivity contribution in [2.24, 2.45) is 11.6 Å². The van der Waals surface area contributed by atoms with E-state index in [2.05, 4.69) is 17.2 Å². The van der Waals surface area contributed by atoms with E-state index in [1.807, 2.05) is 0 Å². The molecule has 2 rings (SSSR count). The summed E-state index contributed by atoms with van der Waals surface area (Å²) >= 11 is 0. The largest absolute Gasteiger partial charge is 0.326 e. The van der Waals surface area contributed by atoms with Gasteiger partial charge in [-0.1, -0.05) is 6.92 Å². The molecule has 0 aliphatic carbocycles. The molecule has 2 heterocycles. The number of nitrogens with one attached hydrogen (secondary N) is 1. The monoisotopic (exact) mass is 269 g/mol. The van der Waals surface area contributed by atoms with Crippen LogP contribution in [0.3, 0.4) is 0 Å². The second-order valence-corrected chi connectivity index (χ2v) is 5.29. The van der Waals surface area contributed by atoms with E-state index in [4.69, 9.17) is 11.6 Å². The molecule has 0 spiro atoms. The van der Waals surface area contributed by atoms with Crippen LogP contribution in [0.2, 0.25) is 0 Å². The number of likely N-dealkylation sites (N-methyl/N-ethyl adjacent to an activating group) is 1. The quantitative estimate of drug-likeness (QED) is 0.318. The lowest BCUT2D eigenvalue weighted by Crippen LogP contribution is -2.59. The Kier molecular flexibility index (Phi) is 4.38. The second-order valence-electron chi connectivity index (χ2n) is 5.29. The third-order valence-corrected chi connectivity index (χ3v) is 4.20. The Morgan fingerprint density at radius 1 is 1.42 bits per heavy atom. The van der Waals surface area contributed by atoms with Gasteiger partial charge in [0, 0.05) is 19.1 Å². The molecule has 0 saturated carbocycles. The number of rotatable bonds is 2. The Morgan fingerprint density at radius 3 is 2.79 bits per heavy atom. The smallest absolute Gasteiger partial charge is 0.256 e. The molecule has 2 amide bonds. The molecule has 2 saturated heterocycles. The molecule has 5 N–H and O–H groups in total. The molecule has 0 aromatic heterocycles.